The summed E-state index contributed by atoms with van der Waals surface area (Å²) in [5, 5.41) is 7.47. The van der Waals surface area contributed by atoms with Crippen LogP contribution in [0, 0.1) is 11.3 Å². The first-order valence-electron chi connectivity index (χ1n) is 3.54. The maximum Gasteiger partial charge on any atom is 0.340 e. The van der Waals surface area contributed by atoms with E-state index in [-0.39, 0.29) is 0 Å². The maximum atomic E-state index is 11.2. The Morgan fingerprint density at radius 3 is 2.62 bits per heavy atom. The first-order chi connectivity index (χ1) is 6.24. The first kappa shape index (κ1) is 9.75. The van der Waals surface area contributed by atoms with Crippen molar-refractivity contribution in [3.63, 3.8) is 0 Å². The van der Waals surface area contributed by atoms with E-state index in [2.05, 4.69) is 15.9 Å². The number of carbonyl (C=O) groups excluding carboxylic acids is 1. The SMILES string of the molecule is N#CC(Br)OC(=O)c1ccccc1. The van der Waals surface area contributed by atoms with Gasteiger partial charge in [-0.2, -0.15) is 5.26 Å². The van der Waals surface area contributed by atoms with Crippen molar-refractivity contribution in [2.24, 2.45) is 0 Å². The van der Waals surface area contributed by atoms with Crippen molar-refractivity contribution in [2.75, 3.05) is 0 Å². The summed E-state index contributed by atoms with van der Waals surface area (Å²) in [6.07, 6.45) is 0. The quantitative estimate of drug-likeness (QED) is 0.587. The predicted molar refractivity (Wildman–Crippen MR) is 50.2 cm³/mol. The normalized spacial score (nSPS) is 11.4. The van der Waals surface area contributed by atoms with Gasteiger partial charge >= 0.3 is 5.97 Å². The van der Waals surface area contributed by atoms with E-state index in [0.717, 1.165) is 0 Å². The highest BCUT2D eigenvalue weighted by Crippen LogP contribution is 2.06. The van der Waals surface area contributed by atoms with Crippen LogP contribution in [-0.4, -0.2) is 11.0 Å². The maximum absolute atomic E-state index is 11.2. The molecular formula is C9H6BrNO2. The minimum Gasteiger partial charge on any atom is -0.432 e. The van der Waals surface area contributed by atoms with Crippen LogP contribution < -0.4 is 0 Å². The van der Waals surface area contributed by atoms with Crippen molar-refractivity contribution >= 4 is 21.9 Å². The van der Waals surface area contributed by atoms with Gasteiger partial charge in [0.05, 0.1) is 5.56 Å². The topological polar surface area (TPSA) is 50.1 Å². The van der Waals surface area contributed by atoms with Crippen molar-refractivity contribution in [2.45, 2.75) is 5.01 Å². The van der Waals surface area contributed by atoms with Crippen LogP contribution in [0.2, 0.25) is 0 Å². The van der Waals surface area contributed by atoms with E-state index in [0.29, 0.717) is 5.56 Å². The van der Waals surface area contributed by atoms with Gasteiger partial charge in [-0.15, -0.1) is 0 Å². The molecular weight excluding hydrogens is 234 g/mol. The number of benzene rings is 1. The number of ether oxygens (including phenoxy) is 1. The van der Waals surface area contributed by atoms with Crippen molar-refractivity contribution in [3.05, 3.63) is 35.9 Å². The number of nitrogens with zero attached hydrogens (tertiary/aromatic N) is 1. The summed E-state index contributed by atoms with van der Waals surface area (Å²) in [5.74, 6) is -0.510. The molecule has 66 valence electrons. The van der Waals surface area contributed by atoms with Gasteiger partial charge in [-0.1, -0.05) is 18.2 Å². The molecule has 0 aromatic heterocycles. The molecule has 1 aromatic rings. The van der Waals surface area contributed by atoms with Crippen LogP contribution in [0.25, 0.3) is 0 Å². The van der Waals surface area contributed by atoms with Crippen LogP contribution >= 0.6 is 15.9 Å². The molecule has 0 bridgehead atoms. The van der Waals surface area contributed by atoms with Gasteiger partial charge in [-0.05, 0) is 28.1 Å². The average molecular weight is 240 g/mol. The fourth-order valence-electron chi connectivity index (χ4n) is 0.763. The molecule has 0 radical (unpaired) electrons. The Balaban J connectivity index is 2.66. The van der Waals surface area contributed by atoms with Gasteiger partial charge in [0, 0.05) is 0 Å². The molecule has 1 atom stereocenters. The number of esters is 1. The largest absolute Gasteiger partial charge is 0.432 e. The van der Waals surface area contributed by atoms with Crippen LogP contribution in [0.5, 0.6) is 0 Å². The van der Waals surface area contributed by atoms with Crippen LogP contribution in [0.15, 0.2) is 30.3 Å². The Hall–Kier alpha value is -1.34. The fourth-order valence-corrected chi connectivity index (χ4v) is 0.932. The Labute approximate surface area is 84.1 Å². The number of nitriles is 1. The van der Waals surface area contributed by atoms with Gasteiger partial charge in [0.25, 0.3) is 0 Å². The number of hydrogen-bond donors (Lipinski definition) is 0. The Bertz CT molecular complexity index is 331. The molecule has 3 nitrogen and oxygen atoms in total. The lowest BCUT2D eigenvalue weighted by atomic mass is 10.2. The number of alkyl halides is 1. The molecule has 0 spiro atoms. The highest BCUT2D eigenvalue weighted by atomic mass is 79.9. The molecule has 1 rings (SSSR count). The summed E-state index contributed by atoms with van der Waals surface area (Å²) < 4.78 is 4.70. The summed E-state index contributed by atoms with van der Waals surface area (Å²) in [4.78, 5) is 11.2. The smallest absolute Gasteiger partial charge is 0.340 e. The molecule has 0 aliphatic rings. The highest BCUT2D eigenvalue weighted by Gasteiger charge is 2.10. The first-order valence-corrected chi connectivity index (χ1v) is 4.45. The Morgan fingerprint density at radius 2 is 2.08 bits per heavy atom. The summed E-state index contributed by atoms with van der Waals surface area (Å²) in [5.41, 5.74) is 0.433. The average Bonchev–Trinajstić information content (AvgIpc) is 2.19. The van der Waals surface area contributed by atoms with E-state index < -0.39 is 11.0 Å². The molecule has 0 amide bonds. The molecule has 1 unspecified atom stereocenters. The van der Waals surface area contributed by atoms with E-state index in [1.54, 1.807) is 36.4 Å². The van der Waals surface area contributed by atoms with Crippen LogP contribution in [-0.2, 0) is 4.74 Å². The molecule has 0 fully saturated rings. The van der Waals surface area contributed by atoms with Gasteiger partial charge < -0.3 is 4.74 Å². The van der Waals surface area contributed by atoms with Gasteiger partial charge in [-0.25, -0.2) is 4.79 Å². The van der Waals surface area contributed by atoms with Crippen LogP contribution in [0.1, 0.15) is 10.4 Å². The van der Waals surface area contributed by atoms with E-state index in [9.17, 15) is 4.79 Å². The van der Waals surface area contributed by atoms with Gasteiger partial charge in [0.2, 0.25) is 5.01 Å². The standard InChI is InChI=1S/C9H6BrNO2/c10-8(6-11)13-9(12)7-4-2-1-3-5-7/h1-5,8H. The summed E-state index contributed by atoms with van der Waals surface area (Å²) >= 11 is 2.87. The van der Waals surface area contributed by atoms with Crippen molar-refractivity contribution in [3.8, 4) is 6.07 Å². The summed E-state index contributed by atoms with van der Waals surface area (Å²) in [6.45, 7) is 0. The second-order valence-electron chi connectivity index (χ2n) is 2.22. The van der Waals surface area contributed by atoms with Crippen LogP contribution in [0.3, 0.4) is 0 Å². The second kappa shape index (κ2) is 4.63. The number of hydrogen-bond acceptors (Lipinski definition) is 3. The van der Waals surface area contributed by atoms with Crippen molar-refractivity contribution in [1.82, 2.24) is 0 Å². The third-order valence-corrected chi connectivity index (χ3v) is 1.71. The molecule has 13 heavy (non-hydrogen) atoms. The molecule has 1 aromatic carbocycles. The zero-order valence-corrected chi connectivity index (χ0v) is 8.19. The minimum absolute atomic E-state index is 0.433. The monoisotopic (exact) mass is 239 g/mol. The fraction of sp³-hybridized carbons (Fsp3) is 0.111. The predicted octanol–water partition coefficient (Wildman–Crippen LogP) is 2.09. The molecule has 0 aliphatic carbocycles. The van der Waals surface area contributed by atoms with Gasteiger partial charge in [-0.3, -0.25) is 0 Å². The van der Waals surface area contributed by atoms with Crippen LogP contribution in [0.4, 0.5) is 0 Å². The van der Waals surface area contributed by atoms with E-state index >= 15 is 0 Å². The van der Waals surface area contributed by atoms with Crippen molar-refractivity contribution < 1.29 is 9.53 Å². The lowest BCUT2D eigenvalue weighted by Crippen LogP contribution is -2.10. The zero-order valence-electron chi connectivity index (χ0n) is 6.61. The lowest BCUT2D eigenvalue weighted by Gasteiger charge is -2.03. The molecule has 0 N–H and O–H groups in total. The van der Waals surface area contributed by atoms with Gasteiger partial charge in [0.15, 0.2) is 0 Å². The molecule has 0 heterocycles. The summed E-state index contributed by atoms with van der Waals surface area (Å²) in [6, 6.07) is 10.2. The lowest BCUT2D eigenvalue weighted by molar-refractivity contribution is 0.0525. The van der Waals surface area contributed by atoms with Gasteiger partial charge in [0.1, 0.15) is 6.07 Å². The minimum atomic E-state index is -0.889. The molecule has 4 heteroatoms. The number of carbonyl (C=O) groups is 1. The number of rotatable bonds is 2. The second-order valence-corrected chi connectivity index (χ2v) is 3.05. The summed E-state index contributed by atoms with van der Waals surface area (Å²) in [7, 11) is 0. The highest BCUT2D eigenvalue weighted by molar-refractivity contribution is 9.09. The molecule has 0 saturated carbocycles. The number of halogens is 1. The van der Waals surface area contributed by atoms with Crippen molar-refractivity contribution in [1.29, 1.82) is 5.26 Å². The molecule has 0 aliphatic heterocycles. The zero-order chi connectivity index (χ0) is 9.68. The Kier molecular flexibility index (Phi) is 3.47. The Morgan fingerprint density at radius 1 is 1.46 bits per heavy atom. The van der Waals surface area contributed by atoms with E-state index in [1.165, 1.54) is 0 Å². The third-order valence-electron chi connectivity index (χ3n) is 1.32. The van der Waals surface area contributed by atoms with E-state index in [4.69, 9.17) is 10.00 Å². The third kappa shape index (κ3) is 2.88. The molecule has 0 saturated heterocycles. The van der Waals surface area contributed by atoms with E-state index in [1.807, 2.05) is 0 Å².